The highest BCUT2D eigenvalue weighted by molar-refractivity contribution is 5.89. The number of carbonyl (C=O) groups excluding carboxylic acids is 1. The van der Waals surface area contributed by atoms with Gasteiger partial charge in [0.1, 0.15) is 5.82 Å². The molecule has 2 aromatic rings. The van der Waals surface area contributed by atoms with Crippen molar-refractivity contribution in [2.75, 3.05) is 13.7 Å². The molecule has 116 valence electrons. The molecule has 0 aliphatic rings. The van der Waals surface area contributed by atoms with Crippen LogP contribution in [-0.4, -0.2) is 19.6 Å². The minimum atomic E-state index is -0.441. The molecule has 22 heavy (non-hydrogen) atoms. The number of aryl methyl sites for hydroxylation is 1. The Morgan fingerprint density at radius 3 is 2.68 bits per heavy atom. The second kappa shape index (κ2) is 8.29. The summed E-state index contributed by atoms with van der Waals surface area (Å²) >= 11 is 0. The van der Waals surface area contributed by atoms with Crippen molar-refractivity contribution in [3.05, 3.63) is 71.0 Å². The normalized spacial score (nSPS) is 10.5. The van der Waals surface area contributed by atoms with E-state index in [0.717, 1.165) is 19.5 Å². The van der Waals surface area contributed by atoms with Gasteiger partial charge in [0, 0.05) is 6.54 Å². The van der Waals surface area contributed by atoms with E-state index in [-0.39, 0.29) is 5.82 Å². The smallest absolute Gasteiger partial charge is 0.337 e. The maximum absolute atomic E-state index is 13.7. The molecule has 2 aromatic carbocycles. The van der Waals surface area contributed by atoms with Crippen molar-refractivity contribution < 1.29 is 13.9 Å². The molecule has 4 heteroatoms. The zero-order valence-corrected chi connectivity index (χ0v) is 12.6. The van der Waals surface area contributed by atoms with E-state index in [4.69, 9.17) is 0 Å². The van der Waals surface area contributed by atoms with Gasteiger partial charge in [0.15, 0.2) is 0 Å². The second-order valence-corrected chi connectivity index (χ2v) is 5.06. The topological polar surface area (TPSA) is 38.3 Å². The van der Waals surface area contributed by atoms with Gasteiger partial charge in [-0.1, -0.05) is 30.3 Å². The third-order valence-electron chi connectivity index (χ3n) is 3.44. The number of ether oxygens (including phenoxy) is 1. The van der Waals surface area contributed by atoms with Crippen molar-refractivity contribution in [1.29, 1.82) is 0 Å². The van der Waals surface area contributed by atoms with Crippen LogP contribution in [0.5, 0.6) is 0 Å². The predicted molar refractivity (Wildman–Crippen MR) is 84.2 cm³/mol. The molecule has 0 aromatic heterocycles. The Morgan fingerprint density at radius 1 is 1.18 bits per heavy atom. The number of esters is 1. The van der Waals surface area contributed by atoms with E-state index in [1.165, 1.54) is 24.8 Å². The van der Waals surface area contributed by atoms with E-state index in [9.17, 15) is 9.18 Å². The molecule has 0 unspecified atom stereocenters. The average Bonchev–Trinajstić information content (AvgIpc) is 2.56. The lowest BCUT2D eigenvalue weighted by Gasteiger charge is -2.07. The summed E-state index contributed by atoms with van der Waals surface area (Å²) in [5, 5.41) is 3.33. The number of methoxy groups -OCH3 is 1. The molecule has 0 aliphatic heterocycles. The predicted octanol–water partition coefficient (Wildman–Crippen LogP) is 3.33. The fourth-order valence-electron chi connectivity index (χ4n) is 2.24. The molecule has 0 amide bonds. The zero-order valence-electron chi connectivity index (χ0n) is 12.6. The fourth-order valence-corrected chi connectivity index (χ4v) is 2.24. The molecule has 0 spiro atoms. The van der Waals surface area contributed by atoms with Crippen LogP contribution < -0.4 is 5.32 Å². The van der Waals surface area contributed by atoms with Gasteiger partial charge in [-0.15, -0.1) is 0 Å². The second-order valence-electron chi connectivity index (χ2n) is 5.06. The molecule has 0 fully saturated rings. The van der Waals surface area contributed by atoms with Crippen LogP contribution in [0.3, 0.4) is 0 Å². The Bertz CT molecular complexity index is 614. The van der Waals surface area contributed by atoms with Crippen molar-refractivity contribution in [2.45, 2.75) is 19.4 Å². The molecule has 0 aliphatic carbocycles. The first-order valence-corrected chi connectivity index (χ1v) is 7.32. The van der Waals surface area contributed by atoms with Crippen molar-refractivity contribution in [2.24, 2.45) is 0 Å². The van der Waals surface area contributed by atoms with Gasteiger partial charge in [0.2, 0.25) is 0 Å². The van der Waals surface area contributed by atoms with E-state index in [0.29, 0.717) is 17.5 Å². The summed E-state index contributed by atoms with van der Waals surface area (Å²) in [5.74, 6) is -0.723. The molecule has 0 bridgehead atoms. The molecule has 0 atom stereocenters. The molecular formula is C18H20FNO2. The Labute approximate surface area is 130 Å². The Morgan fingerprint density at radius 2 is 1.95 bits per heavy atom. The van der Waals surface area contributed by atoms with Gasteiger partial charge in [-0.05, 0) is 48.7 Å². The van der Waals surface area contributed by atoms with E-state index in [1.54, 1.807) is 6.07 Å². The molecule has 2 rings (SSSR count). The molecule has 0 radical (unpaired) electrons. The van der Waals surface area contributed by atoms with E-state index in [2.05, 4.69) is 22.2 Å². The van der Waals surface area contributed by atoms with E-state index in [1.807, 2.05) is 18.2 Å². The van der Waals surface area contributed by atoms with Crippen molar-refractivity contribution in [3.63, 3.8) is 0 Å². The van der Waals surface area contributed by atoms with Crippen LogP contribution in [0.15, 0.2) is 48.5 Å². The Hall–Kier alpha value is -2.20. The summed E-state index contributed by atoms with van der Waals surface area (Å²) in [6, 6.07) is 14.4. The first-order valence-electron chi connectivity index (χ1n) is 7.32. The first kappa shape index (κ1) is 16.2. The Balaban J connectivity index is 1.80. The molecule has 1 N–H and O–H groups in total. The third-order valence-corrected chi connectivity index (χ3v) is 3.44. The van der Waals surface area contributed by atoms with Crippen LogP contribution in [0.1, 0.15) is 27.9 Å². The summed E-state index contributed by atoms with van der Waals surface area (Å²) in [5.41, 5.74) is 2.15. The number of rotatable bonds is 7. The zero-order chi connectivity index (χ0) is 15.8. The van der Waals surface area contributed by atoms with Gasteiger partial charge >= 0.3 is 5.97 Å². The number of hydrogen-bond acceptors (Lipinski definition) is 3. The lowest BCUT2D eigenvalue weighted by atomic mass is 10.1. The summed E-state index contributed by atoms with van der Waals surface area (Å²) in [4.78, 5) is 11.5. The standard InChI is InChI=1S/C18H20FNO2/c1-22-18(21)16-9-10-17(19)15(12-16)8-5-11-20-13-14-6-3-2-4-7-14/h2-4,6-7,9-10,12,20H,5,8,11,13H2,1H3. The van der Waals surface area contributed by atoms with Crippen LogP contribution in [0.4, 0.5) is 4.39 Å². The quantitative estimate of drug-likeness (QED) is 0.629. The summed E-state index contributed by atoms with van der Waals surface area (Å²) in [7, 11) is 1.32. The fraction of sp³-hybridized carbons (Fsp3) is 0.278. The maximum atomic E-state index is 13.7. The minimum absolute atomic E-state index is 0.282. The number of nitrogens with one attached hydrogen (secondary N) is 1. The molecule has 0 heterocycles. The van der Waals surface area contributed by atoms with Gasteiger partial charge < -0.3 is 10.1 Å². The van der Waals surface area contributed by atoms with Gasteiger partial charge in [-0.2, -0.15) is 0 Å². The van der Waals surface area contributed by atoms with Crippen molar-refractivity contribution in [1.82, 2.24) is 5.32 Å². The van der Waals surface area contributed by atoms with Crippen LogP contribution >= 0.6 is 0 Å². The van der Waals surface area contributed by atoms with Crippen LogP contribution in [0.25, 0.3) is 0 Å². The highest BCUT2D eigenvalue weighted by Gasteiger charge is 2.09. The van der Waals surface area contributed by atoms with E-state index >= 15 is 0 Å². The maximum Gasteiger partial charge on any atom is 0.337 e. The lowest BCUT2D eigenvalue weighted by Crippen LogP contribution is -2.15. The molecule has 0 saturated carbocycles. The van der Waals surface area contributed by atoms with E-state index < -0.39 is 5.97 Å². The number of carbonyl (C=O) groups is 1. The molecule has 0 saturated heterocycles. The highest BCUT2D eigenvalue weighted by Crippen LogP contribution is 2.13. The number of benzene rings is 2. The van der Waals surface area contributed by atoms with Gasteiger partial charge in [0.05, 0.1) is 12.7 Å². The van der Waals surface area contributed by atoms with Crippen LogP contribution in [0, 0.1) is 5.82 Å². The minimum Gasteiger partial charge on any atom is -0.465 e. The van der Waals surface area contributed by atoms with Crippen LogP contribution in [0.2, 0.25) is 0 Å². The first-order chi connectivity index (χ1) is 10.7. The highest BCUT2D eigenvalue weighted by atomic mass is 19.1. The third kappa shape index (κ3) is 4.67. The van der Waals surface area contributed by atoms with Gasteiger partial charge in [0.25, 0.3) is 0 Å². The number of hydrogen-bond donors (Lipinski definition) is 1. The summed E-state index contributed by atoms with van der Waals surface area (Å²) in [6.45, 7) is 1.59. The summed E-state index contributed by atoms with van der Waals surface area (Å²) in [6.07, 6.45) is 1.38. The Kier molecular flexibility index (Phi) is 6.10. The van der Waals surface area contributed by atoms with Gasteiger partial charge in [-0.25, -0.2) is 9.18 Å². The summed E-state index contributed by atoms with van der Waals surface area (Å²) < 4.78 is 18.4. The average molecular weight is 301 g/mol. The van der Waals surface area contributed by atoms with Crippen LogP contribution in [-0.2, 0) is 17.7 Å². The lowest BCUT2D eigenvalue weighted by molar-refractivity contribution is 0.0600. The monoisotopic (exact) mass is 301 g/mol. The molecular weight excluding hydrogens is 281 g/mol. The number of halogens is 1. The largest absolute Gasteiger partial charge is 0.465 e. The van der Waals surface area contributed by atoms with Gasteiger partial charge in [-0.3, -0.25) is 0 Å². The SMILES string of the molecule is COC(=O)c1ccc(F)c(CCCNCc2ccccc2)c1. The van der Waals surface area contributed by atoms with Crippen molar-refractivity contribution >= 4 is 5.97 Å². The molecule has 3 nitrogen and oxygen atoms in total. The van der Waals surface area contributed by atoms with Crippen molar-refractivity contribution in [3.8, 4) is 0 Å².